The van der Waals surface area contributed by atoms with E-state index in [1.807, 2.05) is 0 Å². The van der Waals surface area contributed by atoms with Gasteiger partial charge in [-0.25, -0.2) is 18.5 Å². The number of benzene rings is 1. The van der Waals surface area contributed by atoms with Crippen molar-refractivity contribution in [1.82, 2.24) is 19.6 Å². The van der Waals surface area contributed by atoms with Crippen LogP contribution in [-0.4, -0.2) is 38.0 Å². The second-order valence-electron chi connectivity index (χ2n) is 5.86. The number of carbonyl (C=O) groups excluding carboxylic acids is 2. The van der Waals surface area contributed by atoms with Gasteiger partial charge >= 0.3 is 5.97 Å². The minimum Gasteiger partial charge on any atom is -0.451 e. The Morgan fingerprint density at radius 1 is 1.14 bits per heavy atom. The minimum absolute atomic E-state index is 0.0953. The van der Waals surface area contributed by atoms with Gasteiger partial charge in [0.25, 0.3) is 11.5 Å². The van der Waals surface area contributed by atoms with E-state index in [-0.39, 0.29) is 11.3 Å². The molecule has 0 aliphatic carbocycles. The molecule has 9 nitrogen and oxygen atoms in total. The minimum atomic E-state index is -0.839. The Morgan fingerprint density at radius 2 is 1.86 bits per heavy atom. The predicted molar refractivity (Wildman–Crippen MR) is 96.6 cm³/mol. The fourth-order valence-corrected chi connectivity index (χ4v) is 2.36. The molecule has 0 spiro atoms. The lowest BCUT2D eigenvalue weighted by atomic mass is 10.3. The van der Waals surface area contributed by atoms with E-state index < -0.39 is 24.3 Å². The number of amides is 1. The Kier molecular flexibility index (Phi) is 5.30. The molecule has 0 atom stereocenters. The van der Waals surface area contributed by atoms with E-state index in [0.29, 0.717) is 17.2 Å². The highest BCUT2D eigenvalue weighted by Gasteiger charge is 2.15. The summed E-state index contributed by atoms with van der Waals surface area (Å²) in [5.41, 5.74) is 0.711. The number of hydrogen-bond acceptors (Lipinski definition) is 6. The lowest BCUT2D eigenvalue weighted by Gasteiger charge is -2.09. The molecule has 0 unspecified atom stereocenters. The Bertz CT molecular complexity index is 1090. The Balaban J connectivity index is 1.66. The van der Waals surface area contributed by atoms with Crippen LogP contribution in [0.15, 0.2) is 47.3 Å². The molecule has 3 aromatic rings. The molecule has 1 N–H and O–H groups in total. The third kappa shape index (κ3) is 4.29. The summed E-state index contributed by atoms with van der Waals surface area (Å²) in [6.07, 6.45) is 0. The van der Waals surface area contributed by atoms with Crippen LogP contribution in [0.5, 0.6) is 0 Å². The van der Waals surface area contributed by atoms with Crippen LogP contribution in [0.25, 0.3) is 5.69 Å². The normalized spacial score (nSPS) is 10.5. The van der Waals surface area contributed by atoms with E-state index in [4.69, 9.17) is 4.74 Å². The summed E-state index contributed by atoms with van der Waals surface area (Å²) in [5.74, 6) is -1.49. The van der Waals surface area contributed by atoms with Crippen LogP contribution in [0, 0.1) is 12.7 Å². The van der Waals surface area contributed by atoms with Crippen molar-refractivity contribution in [1.29, 1.82) is 0 Å². The van der Waals surface area contributed by atoms with Crippen LogP contribution in [0.2, 0.25) is 0 Å². The molecule has 1 aromatic carbocycles. The van der Waals surface area contributed by atoms with Crippen molar-refractivity contribution in [3.63, 3.8) is 0 Å². The summed E-state index contributed by atoms with van der Waals surface area (Å²) in [6, 6.07) is 9.60. The number of halogens is 1. The zero-order valence-electron chi connectivity index (χ0n) is 15.0. The largest absolute Gasteiger partial charge is 0.451 e. The predicted octanol–water partition coefficient (Wildman–Crippen LogP) is 1.21. The standard InChI is InChI=1S/C18H16FN5O4/c1-11-9-15(24(21-11)13-5-3-12(19)4-6-13)20-16(25)10-28-18(27)14-7-8-17(26)23(2)22-14/h3-9H,10H2,1-2H3,(H,20,25). The van der Waals surface area contributed by atoms with Crippen LogP contribution < -0.4 is 10.9 Å². The zero-order chi connectivity index (χ0) is 20.3. The summed E-state index contributed by atoms with van der Waals surface area (Å²) in [7, 11) is 1.39. The summed E-state index contributed by atoms with van der Waals surface area (Å²) in [5, 5.41) is 10.6. The first kappa shape index (κ1) is 19.0. The van der Waals surface area contributed by atoms with E-state index in [0.717, 1.165) is 4.68 Å². The molecule has 0 bridgehead atoms. The number of hydrogen-bond donors (Lipinski definition) is 1. The van der Waals surface area contributed by atoms with Gasteiger partial charge in [0.15, 0.2) is 12.3 Å². The van der Waals surface area contributed by atoms with Crippen LogP contribution in [0.1, 0.15) is 16.2 Å². The van der Waals surface area contributed by atoms with Gasteiger partial charge in [-0.15, -0.1) is 0 Å². The number of anilines is 1. The number of aromatic nitrogens is 4. The number of ether oxygens (including phenoxy) is 1. The van der Waals surface area contributed by atoms with Crippen molar-refractivity contribution in [2.75, 3.05) is 11.9 Å². The smallest absolute Gasteiger partial charge is 0.359 e. The highest BCUT2D eigenvalue weighted by molar-refractivity contribution is 5.94. The Labute approximate surface area is 158 Å². The zero-order valence-corrected chi connectivity index (χ0v) is 15.0. The molecular weight excluding hydrogens is 369 g/mol. The number of rotatable bonds is 5. The maximum atomic E-state index is 13.1. The van der Waals surface area contributed by atoms with Crippen molar-refractivity contribution < 1.29 is 18.7 Å². The van der Waals surface area contributed by atoms with Crippen molar-refractivity contribution in [2.24, 2.45) is 7.05 Å². The van der Waals surface area contributed by atoms with Gasteiger partial charge in [-0.1, -0.05) is 0 Å². The monoisotopic (exact) mass is 385 g/mol. The molecule has 0 saturated heterocycles. The second-order valence-corrected chi connectivity index (χ2v) is 5.86. The van der Waals surface area contributed by atoms with E-state index in [2.05, 4.69) is 15.5 Å². The van der Waals surface area contributed by atoms with E-state index in [1.54, 1.807) is 13.0 Å². The van der Waals surface area contributed by atoms with Crippen LogP contribution >= 0.6 is 0 Å². The SMILES string of the molecule is Cc1cc(NC(=O)COC(=O)c2ccc(=O)n(C)n2)n(-c2ccc(F)cc2)n1. The van der Waals surface area contributed by atoms with Gasteiger partial charge in [0.05, 0.1) is 11.4 Å². The first-order chi connectivity index (χ1) is 13.3. The van der Waals surface area contributed by atoms with Gasteiger partial charge in [0.2, 0.25) is 0 Å². The number of carbonyl (C=O) groups is 2. The number of aryl methyl sites for hydroxylation is 2. The van der Waals surface area contributed by atoms with Gasteiger partial charge in [0, 0.05) is 19.2 Å². The van der Waals surface area contributed by atoms with Crippen molar-refractivity contribution in [3.8, 4) is 5.69 Å². The third-order valence-electron chi connectivity index (χ3n) is 3.67. The van der Waals surface area contributed by atoms with Crippen LogP contribution in [0.3, 0.4) is 0 Å². The topological polar surface area (TPSA) is 108 Å². The van der Waals surface area contributed by atoms with E-state index >= 15 is 0 Å². The van der Waals surface area contributed by atoms with Crippen molar-refractivity contribution in [2.45, 2.75) is 6.92 Å². The Morgan fingerprint density at radius 3 is 2.54 bits per heavy atom. The first-order valence-corrected chi connectivity index (χ1v) is 8.17. The summed E-state index contributed by atoms with van der Waals surface area (Å²) in [6.45, 7) is 1.18. The maximum Gasteiger partial charge on any atom is 0.359 e. The number of nitrogens with one attached hydrogen (secondary N) is 1. The molecule has 0 aliphatic rings. The van der Waals surface area contributed by atoms with Gasteiger partial charge in [-0.05, 0) is 37.3 Å². The lowest BCUT2D eigenvalue weighted by molar-refractivity contribution is -0.119. The van der Waals surface area contributed by atoms with Crippen LogP contribution in [0.4, 0.5) is 10.2 Å². The molecule has 28 heavy (non-hydrogen) atoms. The average molecular weight is 385 g/mol. The van der Waals surface area contributed by atoms with Gasteiger partial charge in [-0.3, -0.25) is 9.59 Å². The van der Waals surface area contributed by atoms with Crippen LogP contribution in [-0.2, 0) is 16.6 Å². The van der Waals surface area contributed by atoms with Gasteiger partial charge in [-0.2, -0.15) is 10.2 Å². The quantitative estimate of drug-likeness (QED) is 0.662. The van der Waals surface area contributed by atoms with Crippen molar-refractivity contribution >= 4 is 17.7 Å². The fourth-order valence-electron chi connectivity index (χ4n) is 2.36. The summed E-state index contributed by atoms with van der Waals surface area (Å²) >= 11 is 0. The van der Waals surface area contributed by atoms with Crippen molar-refractivity contribution in [3.05, 3.63) is 70.0 Å². The number of nitrogens with zero attached hydrogens (tertiary/aromatic N) is 4. The molecule has 0 saturated carbocycles. The first-order valence-electron chi connectivity index (χ1n) is 8.17. The molecule has 0 aliphatic heterocycles. The molecule has 2 heterocycles. The summed E-state index contributed by atoms with van der Waals surface area (Å²) in [4.78, 5) is 35.4. The average Bonchev–Trinajstić information content (AvgIpc) is 3.02. The highest BCUT2D eigenvalue weighted by Crippen LogP contribution is 2.17. The molecule has 0 radical (unpaired) electrons. The second kappa shape index (κ2) is 7.82. The molecular formula is C18H16FN5O4. The molecule has 144 valence electrons. The Hall–Kier alpha value is -3.82. The summed E-state index contributed by atoms with van der Waals surface area (Å²) < 4.78 is 20.4. The molecule has 1 amide bonds. The molecule has 0 fully saturated rings. The van der Waals surface area contributed by atoms with E-state index in [9.17, 15) is 18.8 Å². The molecule has 2 aromatic heterocycles. The third-order valence-corrected chi connectivity index (χ3v) is 3.67. The van der Waals surface area contributed by atoms with Gasteiger partial charge in [0.1, 0.15) is 11.6 Å². The lowest BCUT2D eigenvalue weighted by Crippen LogP contribution is -2.25. The van der Waals surface area contributed by atoms with E-state index in [1.165, 1.54) is 48.1 Å². The highest BCUT2D eigenvalue weighted by atomic mass is 19.1. The van der Waals surface area contributed by atoms with Gasteiger partial charge < -0.3 is 10.1 Å². The number of esters is 1. The maximum absolute atomic E-state index is 13.1. The molecule has 3 rings (SSSR count). The molecule has 10 heteroatoms. The fraction of sp³-hybridized carbons (Fsp3) is 0.167.